The van der Waals surface area contributed by atoms with Gasteiger partial charge in [-0.25, -0.2) is 0 Å². The first kappa shape index (κ1) is 14.8. The molecule has 4 nitrogen and oxygen atoms in total. The highest BCUT2D eigenvalue weighted by atomic mass is 16.2. The molecule has 1 amide bonds. The van der Waals surface area contributed by atoms with Crippen molar-refractivity contribution in [2.75, 3.05) is 33.2 Å². The van der Waals surface area contributed by atoms with E-state index in [0.29, 0.717) is 11.9 Å². The van der Waals surface area contributed by atoms with Crippen LogP contribution in [0.25, 0.3) is 0 Å². The molecule has 2 heterocycles. The van der Waals surface area contributed by atoms with Crippen LogP contribution >= 0.6 is 0 Å². The van der Waals surface area contributed by atoms with Crippen LogP contribution in [0.15, 0.2) is 0 Å². The van der Waals surface area contributed by atoms with E-state index in [-0.39, 0.29) is 5.41 Å². The average Bonchev–Trinajstić information content (AvgIpc) is 2.40. The second-order valence-electron chi connectivity index (χ2n) is 6.39. The van der Waals surface area contributed by atoms with Crippen molar-refractivity contribution < 1.29 is 4.79 Å². The van der Waals surface area contributed by atoms with Crippen LogP contribution in [-0.2, 0) is 4.79 Å². The third-order valence-corrected chi connectivity index (χ3v) is 4.64. The van der Waals surface area contributed by atoms with Crippen molar-refractivity contribution in [2.24, 2.45) is 5.41 Å². The van der Waals surface area contributed by atoms with Crippen molar-refractivity contribution in [1.82, 2.24) is 15.5 Å². The molecule has 2 rings (SSSR count). The van der Waals surface area contributed by atoms with Crippen LogP contribution in [0.1, 0.15) is 45.4 Å². The van der Waals surface area contributed by atoms with Crippen LogP contribution in [0, 0.1) is 5.41 Å². The highest BCUT2D eigenvalue weighted by molar-refractivity contribution is 5.83. The summed E-state index contributed by atoms with van der Waals surface area (Å²) in [5.41, 5.74) is -0.150. The van der Waals surface area contributed by atoms with Crippen molar-refractivity contribution in [3.05, 3.63) is 0 Å². The predicted octanol–water partition coefficient (Wildman–Crippen LogP) is 1.37. The zero-order chi connectivity index (χ0) is 13.7. The third-order valence-electron chi connectivity index (χ3n) is 4.64. The zero-order valence-corrected chi connectivity index (χ0v) is 12.5. The smallest absolute Gasteiger partial charge is 0.227 e. The fourth-order valence-corrected chi connectivity index (χ4v) is 3.59. The molecular weight excluding hydrogens is 238 g/mol. The summed E-state index contributed by atoms with van der Waals surface area (Å²) in [5, 5.41) is 6.74. The van der Waals surface area contributed by atoms with Crippen LogP contribution in [0.4, 0.5) is 0 Å². The van der Waals surface area contributed by atoms with Gasteiger partial charge < -0.3 is 15.5 Å². The molecule has 4 heteroatoms. The molecule has 0 aliphatic carbocycles. The minimum Gasteiger partial charge on any atom is -0.352 e. The Kier molecular flexibility index (Phi) is 5.22. The largest absolute Gasteiger partial charge is 0.352 e. The van der Waals surface area contributed by atoms with E-state index in [1.165, 1.54) is 6.42 Å². The fourth-order valence-electron chi connectivity index (χ4n) is 3.59. The molecule has 2 saturated heterocycles. The van der Waals surface area contributed by atoms with E-state index in [1.54, 1.807) is 0 Å². The Balaban J connectivity index is 1.95. The Hall–Kier alpha value is -0.610. The van der Waals surface area contributed by atoms with E-state index in [2.05, 4.69) is 29.5 Å². The molecule has 2 N–H and O–H groups in total. The molecule has 0 radical (unpaired) electrons. The Morgan fingerprint density at radius 2 is 2.32 bits per heavy atom. The normalized spacial score (nSPS) is 33.1. The molecule has 2 aliphatic rings. The minimum atomic E-state index is -0.150. The van der Waals surface area contributed by atoms with Gasteiger partial charge in [0.05, 0.1) is 5.41 Å². The first-order valence-corrected chi connectivity index (χ1v) is 7.86. The minimum absolute atomic E-state index is 0.150. The van der Waals surface area contributed by atoms with Crippen molar-refractivity contribution in [1.29, 1.82) is 0 Å². The number of carbonyl (C=O) groups is 1. The molecule has 0 saturated carbocycles. The molecule has 0 aromatic carbocycles. The second-order valence-corrected chi connectivity index (χ2v) is 6.39. The highest BCUT2D eigenvalue weighted by Crippen LogP contribution is 2.32. The molecule has 0 aromatic heterocycles. The number of amides is 1. The van der Waals surface area contributed by atoms with Gasteiger partial charge in [0.1, 0.15) is 0 Å². The molecular formula is C15H29N3O. The van der Waals surface area contributed by atoms with Gasteiger partial charge in [0, 0.05) is 19.1 Å². The number of rotatable bonds is 4. The molecule has 2 fully saturated rings. The fraction of sp³-hybridized carbons (Fsp3) is 0.933. The van der Waals surface area contributed by atoms with Gasteiger partial charge in [0.15, 0.2) is 0 Å². The van der Waals surface area contributed by atoms with Gasteiger partial charge in [-0.05, 0) is 52.2 Å². The van der Waals surface area contributed by atoms with Gasteiger partial charge >= 0.3 is 0 Å². The maximum Gasteiger partial charge on any atom is 0.227 e. The molecule has 0 spiro atoms. The van der Waals surface area contributed by atoms with Crippen molar-refractivity contribution in [3.63, 3.8) is 0 Å². The summed E-state index contributed by atoms with van der Waals surface area (Å²) >= 11 is 0. The lowest BCUT2D eigenvalue weighted by Crippen LogP contribution is -2.55. The Morgan fingerprint density at radius 1 is 1.47 bits per heavy atom. The lowest BCUT2D eigenvalue weighted by Gasteiger charge is -2.39. The number of likely N-dealkylation sites (N-methyl/N-ethyl adjacent to an activating group) is 1. The van der Waals surface area contributed by atoms with Crippen LogP contribution in [0.5, 0.6) is 0 Å². The van der Waals surface area contributed by atoms with Crippen LogP contribution in [0.3, 0.4) is 0 Å². The number of hydrogen-bond donors (Lipinski definition) is 2. The molecule has 2 atom stereocenters. The lowest BCUT2D eigenvalue weighted by molar-refractivity contribution is -0.133. The van der Waals surface area contributed by atoms with Gasteiger partial charge in [0.2, 0.25) is 5.91 Å². The quantitative estimate of drug-likeness (QED) is 0.808. The summed E-state index contributed by atoms with van der Waals surface area (Å²) in [6.45, 7) is 6.26. The monoisotopic (exact) mass is 267 g/mol. The second kappa shape index (κ2) is 6.71. The molecule has 2 aliphatic heterocycles. The third kappa shape index (κ3) is 3.69. The van der Waals surface area contributed by atoms with E-state index in [9.17, 15) is 4.79 Å². The van der Waals surface area contributed by atoms with Crippen molar-refractivity contribution >= 4 is 5.91 Å². The summed E-state index contributed by atoms with van der Waals surface area (Å²) in [6.07, 6.45) is 6.58. The standard InChI is InChI=1S/C15H29N3O/c1-3-7-15(8-5-9-16-12-15)14(19)17-13-6-4-10-18(2)11-13/h13,16H,3-12H2,1-2H3,(H,17,19). The van der Waals surface area contributed by atoms with E-state index in [1.807, 2.05) is 0 Å². The molecule has 0 aromatic rings. The number of nitrogens with zero attached hydrogens (tertiary/aromatic N) is 1. The van der Waals surface area contributed by atoms with E-state index >= 15 is 0 Å². The first-order chi connectivity index (χ1) is 9.16. The SMILES string of the molecule is CCCC1(C(=O)NC2CCCN(C)C2)CCCNC1. The number of piperidine rings is 2. The maximum atomic E-state index is 12.7. The van der Waals surface area contributed by atoms with Gasteiger partial charge in [-0.2, -0.15) is 0 Å². The Labute approximate surface area is 117 Å². The Bertz CT molecular complexity index is 294. The molecule has 19 heavy (non-hydrogen) atoms. The van der Waals surface area contributed by atoms with E-state index in [0.717, 1.165) is 58.3 Å². The molecule has 0 bridgehead atoms. The average molecular weight is 267 g/mol. The van der Waals surface area contributed by atoms with Gasteiger partial charge in [-0.3, -0.25) is 4.79 Å². The van der Waals surface area contributed by atoms with Gasteiger partial charge in [-0.15, -0.1) is 0 Å². The summed E-state index contributed by atoms with van der Waals surface area (Å²) in [7, 11) is 2.14. The number of nitrogens with one attached hydrogen (secondary N) is 2. The predicted molar refractivity (Wildman–Crippen MR) is 78.1 cm³/mol. The lowest BCUT2D eigenvalue weighted by atomic mass is 9.76. The highest BCUT2D eigenvalue weighted by Gasteiger charge is 2.39. The summed E-state index contributed by atoms with van der Waals surface area (Å²) in [6, 6.07) is 0.349. The zero-order valence-electron chi connectivity index (χ0n) is 12.5. The number of carbonyl (C=O) groups excluding carboxylic acids is 1. The first-order valence-electron chi connectivity index (χ1n) is 7.86. The number of likely N-dealkylation sites (tertiary alicyclic amines) is 1. The Morgan fingerprint density at radius 3 is 2.95 bits per heavy atom. The van der Waals surface area contributed by atoms with Gasteiger partial charge in [0.25, 0.3) is 0 Å². The van der Waals surface area contributed by atoms with Crippen LogP contribution in [0.2, 0.25) is 0 Å². The van der Waals surface area contributed by atoms with Crippen LogP contribution < -0.4 is 10.6 Å². The van der Waals surface area contributed by atoms with Crippen LogP contribution in [-0.4, -0.2) is 50.1 Å². The summed E-state index contributed by atoms with van der Waals surface area (Å²) in [5.74, 6) is 0.293. The van der Waals surface area contributed by atoms with E-state index < -0.39 is 0 Å². The van der Waals surface area contributed by atoms with E-state index in [4.69, 9.17) is 0 Å². The summed E-state index contributed by atoms with van der Waals surface area (Å²) in [4.78, 5) is 15.0. The number of hydrogen-bond acceptors (Lipinski definition) is 3. The maximum absolute atomic E-state index is 12.7. The molecule has 110 valence electrons. The van der Waals surface area contributed by atoms with Gasteiger partial charge in [-0.1, -0.05) is 13.3 Å². The molecule has 2 unspecified atom stereocenters. The topological polar surface area (TPSA) is 44.4 Å². The van der Waals surface area contributed by atoms with Crippen molar-refractivity contribution in [3.8, 4) is 0 Å². The van der Waals surface area contributed by atoms with Crippen molar-refractivity contribution in [2.45, 2.75) is 51.5 Å². The summed E-state index contributed by atoms with van der Waals surface area (Å²) < 4.78 is 0.